The molecule has 1 aliphatic heterocycles. The summed E-state index contributed by atoms with van der Waals surface area (Å²) in [5.41, 5.74) is 2.86. The van der Waals surface area contributed by atoms with Gasteiger partial charge >= 0.3 is 0 Å². The van der Waals surface area contributed by atoms with Crippen molar-refractivity contribution in [2.75, 3.05) is 42.9 Å². The van der Waals surface area contributed by atoms with Crippen molar-refractivity contribution in [3.05, 3.63) is 59.9 Å². The van der Waals surface area contributed by atoms with Crippen molar-refractivity contribution < 1.29 is 9.18 Å². The first-order chi connectivity index (χ1) is 14.0. The van der Waals surface area contributed by atoms with Crippen LogP contribution < -0.4 is 15.5 Å². The number of guanidine groups is 1. The molecule has 0 atom stereocenters. The first-order valence-electron chi connectivity index (χ1n) is 9.95. The van der Waals surface area contributed by atoms with Crippen LogP contribution in [0.2, 0.25) is 0 Å². The summed E-state index contributed by atoms with van der Waals surface area (Å²) < 4.78 is 13.1. The monoisotopic (exact) mass is 397 g/mol. The summed E-state index contributed by atoms with van der Waals surface area (Å²) in [7, 11) is 0. The lowest BCUT2D eigenvalue weighted by atomic mass is 10.2. The minimum atomic E-state index is -0.212. The molecule has 1 amide bonds. The van der Waals surface area contributed by atoms with E-state index < -0.39 is 0 Å². The maximum Gasteiger partial charge on any atom is 0.221 e. The molecule has 6 nitrogen and oxygen atoms in total. The molecular weight excluding hydrogens is 369 g/mol. The van der Waals surface area contributed by atoms with E-state index in [1.165, 1.54) is 19.1 Å². The van der Waals surface area contributed by atoms with Crippen molar-refractivity contribution in [2.45, 2.75) is 20.4 Å². The molecule has 2 aromatic carbocycles. The molecule has 0 spiro atoms. The Hall–Kier alpha value is -3.09. The molecule has 0 aliphatic carbocycles. The molecule has 0 saturated carbocycles. The molecule has 1 saturated heterocycles. The molecule has 154 valence electrons. The highest BCUT2D eigenvalue weighted by Gasteiger charge is 2.19. The number of carbonyl (C=O) groups is 1. The van der Waals surface area contributed by atoms with Crippen LogP contribution in [0.25, 0.3) is 0 Å². The Morgan fingerprint density at radius 1 is 1.10 bits per heavy atom. The Bertz CT molecular complexity index is 845. The second kappa shape index (κ2) is 9.91. The lowest BCUT2D eigenvalue weighted by molar-refractivity contribution is -0.114. The smallest absolute Gasteiger partial charge is 0.221 e. The summed E-state index contributed by atoms with van der Waals surface area (Å²) in [5.74, 6) is 0.589. The average molecular weight is 397 g/mol. The molecular formula is C22H28FN5O. The minimum Gasteiger partial charge on any atom is -0.368 e. The highest BCUT2D eigenvalue weighted by molar-refractivity contribution is 5.88. The Morgan fingerprint density at radius 3 is 2.48 bits per heavy atom. The van der Waals surface area contributed by atoms with Crippen molar-refractivity contribution in [3.8, 4) is 0 Å². The van der Waals surface area contributed by atoms with Gasteiger partial charge in [-0.1, -0.05) is 12.1 Å². The molecule has 0 aromatic heterocycles. The van der Waals surface area contributed by atoms with Crippen molar-refractivity contribution in [1.82, 2.24) is 10.2 Å². The number of carbonyl (C=O) groups excluding carboxylic acids is 1. The molecule has 29 heavy (non-hydrogen) atoms. The number of aliphatic imine (C=N–C) groups is 1. The van der Waals surface area contributed by atoms with Crippen LogP contribution in [-0.2, 0) is 11.3 Å². The van der Waals surface area contributed by atoms with Crippen LogP contribution in [0.1, 0.15) is 19.4 Å². The highest BCUT2D eigenvalue weighted by Crippen LogP contribution is 2.17. The van der Waals surface area contributed by atoms with Gasteiger partial charge in [0.1, 0.15) is 5.82 Å². The zero-order valence-electron chi connectivity index (χ0n) is 17.0. The molecule has 0 bridgehead atoms. The van der Waals surface area contributed by atoms with Crippen molar-refractivity contribution >= 4 is 23.2 Å². The summed E-state index contributed by atoms with van der Waals surface area (Å²) in [6.07, 6.45) is 0. The van der Waals surface area contributed by atoms with E-state index in [-0.39, 0.29) is 11.7 Å². The van der Waals surface area contributed by atoms with Gasteiger partial charge in [0.25, 0.3) is 0 Å². The van der Waals surface area contributed by atoms with E-state index in [9.17, 15) is 9.18 Å². The van der Waals surface area contributed by atoms with Crippen LogP contribution in [0.5, 0.6) is 0 Å². The maximum atomic E-state index is 13.1. The first kappa shape index (κ1) is 20.6. The van der Waals surface area contributed by atoms with Crippen LogP contribution in [0.15, 0.2) is 53.5 Å². The maximum absolute atomic E-state index is 13.1. The number of benzene rings is 2. The van der Waals surface area contributed by atoms with Gasteiger partial charge in [-0.2, -0.15) is 0 Å². The number of rotatable bonds is 5. The Labute approximate surface area is 171 Å². The zero-order chi connectivity index (χ0) is 20.6. The van der Waals surface area contributed by atoms with Crippen LogP contribution in [0.3, 0.4) is 0 Å². The van der Waals surface area contributed by atoms with Gasteiger partial charge in [0.05, 0.1) is 6.54 Å². The second-order valence-electron chi connectivity index (χ2n) is 7.00. The molecule has 3 rings (SSSR count). The standard InChI is InChI=1S/C22H28FN5O/c1-3-24-22(25-16-18-5-4-6-20(15-18)26-17(2)29)28-13-11-27(12-14-28)21-9-7-19(23)8-10-21/h4-10,15H,3,11-14,16H2,1-2H3,(H,24,25)(H,26,29). The molecule has 1 fully saturated rings. The fourth-order valence-electron chi connectivity index (χ4n) is 3.37. The van der Waals surface area contributed by atoms with Gasteiger partial charge in [0.2, 0.25) is 5.91 Å². The van der Waals surface area contributed by atoms with E-state index in [0.717, 1.165) is 55.6 Å². The topological polar surface area (TPSA) is 60.0 Å². The van der Waals surface area contributed by atoms with Crippen LogP contribution >= 0.6 is 0 Å². The SMILES string of the molecule is CCNC(=NCc1cccc(NC(C)=O)c1)N1CCN(c2ccc(F)cc2)CC1. The van der Waals surface area contributed by atoms with Gasteiger partial charge in [-0.05, 0) is 48.9 Å². The number of hydrogen-bond donors (Lipinski definition) is 2. The lowest BCUT2D eigenvalue weighted by Gasteiger charge is -2.37. The van der Waals surface area contributed by atoms with Gasteiger partial charge in [-0.15, -0.1) is 0 Å². The fourth-order valence-corrected chi connectivity index (χ4v) is 3.37. The predicted octanol–water partition coefficient (Wildman–Crippen LogP) is 3.07. The molecule has 0 radical (unpaired) electrons. The van der Waals surface area contributed by atoms with Crippen molar-refractivity contribution in [1.29, 1.82) is 0 Å². The number of amides is 1. The third kappa shape index (κ3) is 5.94. The molecule has 7 heteroatoms. The van der Waals surface area contributed by atoms with E-state index in [4.69, 9.17) is 4.99 Å². The highest BCUT2D eigenvalue weighted by atomic mass is 19.1. The van der Waals surface area contributed by atoms with Crippen molar-refractivity contribution in [3.63, 3.8) is 0 Å². The summed E-state index contributed by atoms with van der Waals surface area (Å²) in [6.45, 7) is 8.28. The quantitative estimate of drug-likeness (QED) is 0.601. The summed E-state index contributed by atoms with van der Waals surface area (Å²) in [4.78, 5) is 20.5. The lowest BCUT2D eigenvalue weighted by Crippen LogP contribution is -2.52. The number of anilines is 2. The first-order valence-corrected chi connectivity index (χ1v) is 9.95. The molecule has 2 N–H and O–H groups in total. The van der Waals surface area contributed by atoms with Gasteiger partial charge in [0, 0.05) is 51.0 Å². The van der Waals surface area contributed by atoms with E-state index in [2.05, 4.69) is 27.4 Å². The van der Waals surface area contributed by atoms with Gasteiger partial charge in [0.15, 0.2) is 5.96 Å². The van der Waals surface area contributed by atoms with E-state index in [0.29, 0.717) is 6.54 Å². The van der Waals surface area contributed by atoms with Crippen molar-refractivity contribution in [2.24, 2.45) is 4.99 Å². The molecule has 1 aliphatic rings. The van der Waals surface area contributed by atoms with Crippen LogP contribution in [-0.4, -0.2) is 49.5 Å². The normalized spacial score (nSPS) is 14.7. The number of nitrogens with one attached hydrogen (secondary N) is 2. The van der Waals surface area contributed by atoms with Gasteiger partial charge in [-0.3, -0.25) is 4.79 Å². The Morgan fingerprint density at radius 2 is 1.83 bits per heavy atom. The minimum absolute atomic E-state index is 0.0852. The predicted molar refractivity (Wildman–Crippen MR) is 116 cm³/mol. The number of halogens is 1. The van der Waals surface area contributed by atoms with Gasteiger partial charge < -0.3 is 20.4 Å². The Kier molecular flexibility index (Phi) is 7.05. The van der Waals surface area contributed by atoms with E-state index >= 15 is 0 Å². The molecule has 0 unspecified atom stereocenters. The number of hydrogen-bond acceptors (Lipinski definition) is 3. The molecule has 2 aromatic rings. The third-order valence-electron chi connectivity index (χ3n) is 4.76. The van der Waals surface area contributed by atoms with E-state index in [1.54, 1.807) is 0 Å². The second-order valence-corrected chi connectivity index (χ2v) is 7.00. The van der Waals surface area contributed by atoms with E-state index in [1.807, 2.05) is 36.4 Å². The largest absolute Gasteiger partial charge is 0.368 e. The van der Waals surface area contributed by atoms with Crippen LogP contribution in [0, 0.1) is 5.82 Å². The zero-order valence-corrected chi connectivity index (χ0v) is 17.0. The third-order valence-corrected chi connectivity index (χ3v) is 4.76. The summed E-state index contributed by atoms with van der Waals surface area (Å²) in [5, 5.41) is 6.17. The molecule has 1 heterocycles. The average Bonchev–Trinajstić information content (AvgIpc) is 2.72. The number of piperazine rings is 1. The summed E-state index contributed by atoms with van der Waals surface area (Å²) in [6, 6.07) is 14.4. The number of nitrogens with zero attached hydrogens (tertiary/aromatic N) is 3. The summed E-state index contributed by atoms with van der Waals surface area (Å²) >= 11 is 0. The Balaban J connectivity index is 1.62. The van der Waals surface area contributed by atoms with Crippen LogP contribution in [0.4, 0.5) is 15.8 Å². The van der Waals surface area contributed by atoms with Gasteiger partial charge in [-0.25, -0.2) is 9.38 Å². The fraction of sp³-hybridized carbons (Fsp3) is 0.364.